The largest absolute Gasteiger partial charge is 0.339 e. The number of pyridine rings is 1. The number of benzene rings is 1. The molecule has 1 N–H and O–H groups in total. The second kappa shape index (κ2) is 7.48. The number of hydrogen-bond acceptors (Lipinski definition) is 4. The van der Waals surface area contributed by atoms with Gasteiger partial charge in [-0.1, -0.05) is 30.3 Å². The molecule has 27 heavy (non-hydrogen) atoms. The van der Waals surface area contributed by atoms with Crippen molar-refractivity contribution in [3.8, 4) is 11.3 Å². The van der Waals surface area contributed by atoms with Crippen molar-refractivity contribution in [2.75, 3.05) is 20.1 Å². The van der Waals surface area contributed by atoms with E-state index in [9.17, 15) is 4.79 Å². The maximum atomic E-state index is 13.4. The van der Waals surface area contributed by atoms with E-state index >= 15 is 0 Å². The molecule has 3 heterocycles. The zero-order valence-electron chi connectivity index (χ0n) is 15.9. The fraction of sp³-hybridized carbons (Fsp3) is 0.381. The third kappa shape index (κ3) is 3.32. The molecule has 0 saturated carbocycles. The van der Waals surface area contributed by atoms with E-state index < -0.39 is 0 Å². The van der Waals surface area contributed by atoms with Gasteiger partial charge < -0.3 is 10.2 Å². The maximum Gasteiger partial charge on any atom is 0.254 e. The van der Waals surface area contributed by atoms with Crippen molar-refractivity contribution in [2.24, 2.45) is 0 Å². The Bertz CT molecular complexity index is 944. The van der Waals surface area contributed by atoms with Gasteiger partial charge in [-0.25, -0.2) is 9.67 Å². The van der Waals surface area contributed by atoms with E-state index in [1.807, 2.05) is 60.0 Å². The third-order valence-electron chi connectivity index (χ3n) is 5.39. The van der Waals surface area contributed by atoms with Crippen LogP contribution < -0.4 is 5.32 Å². The van der Waals surface area contributed by atoms with Crippen LogP contribution in [0.3, 0.4) is 0 Å². The van der Waals surface area contributed by atoms with Crippen molar-refractivity contribution >= 4 is 16.9 Å². The highest BCUT2D eigenvalue weighted by molar-refractivity contribution is 6.06. The minimum absolute atomic E-state index is 0.0436. The van der Waals surface area contributed by atoms with Gasteiger partial charge in [0.1, 0.15) is 0 Å². The molecule has 6 heteroatoms. The number of piperidine rings is 1. The molecular formula is C21H25N5O. The van der Waals surface area contributed by atoms with Gasteiger partial charge in [0.05, 0.1) is 22.8 Å². The molecule has 4 rings (SSSR count). The Kier molecular flexibility index (Phi) is 4.90. The molecule has 0 atom stereocenters. The first kappa shape index (κ1) is 17.7. The van der Waals surface area contributed by atoms with Gasteiger partial charge in [-0.2, -0.15) is 5.10 Å². The van der Waals surface area contributed by atoms with Crippen LogP contribution in [-0.4, -0.2) is 51.8 Å². The van der Waals surface area contributed by atoms with Crippen molar-refractivity contribution < 1.29 is 4.79 Å². The molecular weight excluding hydrogens is 338 g/mol. The van der Waals surface area contributed by atoms with Gasteiger partial charge in [-0.15, -0.1) is 0 Å². The summed E-state index contributed by atoms with van der Waals surface area (Å²) in [5.74, 6) is 0.0436. The van der Waals surface area contributed by atoms with Crippen molar-refractivity contribution in [1.82, 2.24) is 25.0 Å². The lowest BCUT2D eigenvalue weighted by Crippen LogP contribution is -2.44. The number of aryl methyl sites for hydroxylation is 1. The first-order valence-corrected chi connectivity index (χ1v) is 9.59. The molecule has 1 saturated heterocycles. The summed E-state index contributed by atoms with van der Waals surface area (Å²) in [5, 5.41) is 8.62. The predicted octanol–water partition coefficient (Wildman–Crippen LogP) is 2.94. The Morgan fingerprint density at radius 1 is 1.26 bits per heavy atom. The highest BCUT2D eigenvalue weighted by Gasteiger charge is 2.25. The lowest BCUT2D eigenvalue weighted by atomic mass is 10.0. The zero-order valence-corrected chi connectivity index (χ0v) is 15.9. The van der Waals surface area contributed by atoms with E-state index in [0.717, 1.165) is 48.2 Å². The van der Waals surface area contributed by atoms with E-state index in [0.29, 0.717) is 12.1 Å². The van der Waals surface area contributed by atoms with Crippen LogP contribution in [0.25, 0.3) is 22.3 Å². The Balaban J connectivity index is 1.80. The van der Waals surface area contributed by atoms with E-state index in [4.69, 9.17) is 4.98 Å². The standard InChI is InChI=1S/C21H25N5O/c1-3-26-20-18(14-23-26)17(13-19(24-20)15-7-5-4-6-8-15)21(27)25(2)16-9-11-22-12-10-16/h4-8,13-14,16,22H,3,9-12H2,1-2H3. The average molecular weight is 363 g/mol. The Morgan fingerprint density at radius 3 is 2.70 bits per heavy atom. The fourth-order valence-corrected chi connectivity index (χ4v) is 3.76. The quantitative estimate of drug-likeness (QED) is 0.774. The normalized spacial score (nSPS) is 15.2. The minimum Gasteiger partial charge on any atom is -0.339 e. The van der Waals surface area contributed by atoms with Gasteiger partial charge in [0.25, 0.3) is 5.91 Å². The summed E-state index contributed by atoms with van der Waals surface area (Å²) in [5.41, 5.74) is 3.25. The molecule has 0 spiro atoms. The van der Waals surface area contributed by atoms with E-state index in [2.05, 4.69) is 10.4 Å². The van der Waals surface area contributed by atoms with Gasteiger partial charge in [-0.05, 0) is 38.9 Å². The number of rotatable bonds is 4. The molecule has 1 aromatic carbocycles. The number of nitrogens with one attached hydrogen (secondary N) is 1. The van der Waals surface area contributed by atoms with Crippen LogP contribution >= 0.6 is 0 Å². The number of aromatic nitrogens is 3. The summed E-state index contributed by atoms with van der Waals surface area (Å²) in [6.07, 6.45) is 3.73. The number of hydrogen-bond donors (Lipinski definition) is 1. The van der Waals surface area contributed by atoms with E-state index in [1.54, 1.807) is 6.20 Å². The van der Waals surface area contributed by atoms with E-state index in [-0.39, 0.29) is 11.9 Å². The highest BCUT2D eigenvalue weighted by atomic mass is 16.2. The molecule has 1 fully saturated rings. The molecule has 1 aliphatic rings. The van der Waals surface area contributed by atoms with Crippen LogP contribution in [0.2, 0.25) is 0 Å². The molecule has 0 radical (unpaired) electrons. The Labute approximate surface area is 159 Å². The van der Waals surface area contributed by atoms with Gasteiger partial charge in [0, 0.05) is 25.2 Å². The van der Waals surface area contributed by atoms with Crippen molar-refractivity contribution in [2.45, 2.75) is 32.4 Å². The number of carbonyl (C=O) groups is 1. The first-order valence-electron chi connectivity index (χ1n) is 9.59. The molecule has 140 valence electrons. The number of nitrogens with zero attached hydrogens (tertiary/aromatic N) is 4. The summed E-state index contributed by atoms with van der Waals surface area (Å²) in [7, 11) is 1.91. The molecule has 2 aromatic heterocycles. The van der Waals surface area contributed by atoms with Crippen LogP contribution in [0.1, 0.15) is 30.1 Å². The van der Waals surface area contributed by atoms with Crippen LogP contribution in [0.5, 0.6) is 0 Å². The van der Waals surface area contributed by atoms with Gasteiger partial charge >= 0.3 is 0 Å². The van der Waals surface area contributed by atoms with Crippen LogP contribution in [0, 0.1) is 0 Å². The monoisotopic (exact) mass is 363 g/mol. The second-order valence-corrected chi connectivity index (χ2v) is 7.02. The minimum atomic E-state index is 0.0436. The van der Waals surface area contributed by atoms with Gasteiger partial charge in [0.2, 0.25) is 0 Å². The van der Waals surface area contributed by atoms with Crippen LogP contribution in [0.15, 0.2) is 42.6 Å². The van der Waals surface area contributed by atoms with Crippen molar-refractivity contribution in [3.63, 3.8) is 0 Å². The summed E-state index contributed by atoms with van der Waals surface area (Å²) in [6.45, 7) is 4.66. The molecule has 3 aromatic rings. The summed E-state index contributed by atoms with van der Waals surface area (Å²) < 4.78 is 1.85. The Hall–Kier alpha value is -2.73. The lowest BCUT2D eigenvalue weighted by Gasteiger charge is -2.31. The molecule has 6 nitrogen and oxygen atoms in total. The predicted molar refractivity (Wildman–Crippen MR) is 107 cm³/mol. The molecule has 0 unspecified atom stereocenters. The molecule has 0 bridgehead atoms. The van der Waals surface area contributed by atoms with Crippen LogP contribution in [0.4, 0.5) is 0 Å². The topological polar surface area (TPSA) is 63.1 Å². The zero-order chi connectivity index (χ0) is 18.8. The van der Waals surface area contributed by atoms with Crippen molar-refractivity contribution in [3.05, 3.63) is 48.2 Å². The van der Waals surface area contributed by atoms with Crippen LogP contribution in [-0.2, 0) is 6.54 Å². The highest BCUT2D eigenvalue weighted by Crippen LogP contribution is 2.26. The number of carbonyl (C=O) groups excluding carboxylic acids is 1. The Morgan fingerprint density at radius 2 is 2.00 bits per heavy atom. The fourth-order valence-electron chi connectivity index (χ4n) is 3.76. The molecule has 1 amide bonds. The number of amides is 1. The summed E-state index contributed by atoms with van der Waals surface area (Å²) in [6, 6.07) is 12.2. The second-order valence-electron chi connectivity index (χ2n) is 7.02. The van der Waals surface area contributed by atoms with Crippen molar-refractivity contribution in [1.29, 1.82) is 0 Å². The van der Waals surface area contributed by atoms with Gasteiger partial charge in [-0.3, -0.25) is 4.79 Å². The van der Waals surface area contributed by atoms with Gasteiger partial charge in [0.15, 0.2) is 5.65 Å². The first-order chi connectivity index (χ1) is 13.2. The average Bonchev–Trinajstić information content (AvgIpc) is 3.16. The lowest BCUT2D eigenvalue weighted by molar-refractivity contribution is 0.0705. The smallest absolute Gasteiger partial charge is 0.254 e. The SMILES string of the molecule is CCn1ncc2c(C(=O)N(C)C3CCNCC3)cc(-c3ccccc3)nc21. The number of fused-ring (bicyclic) bond motifs is 1. The molecule has 0 aliphatic carbocycles. The third-order valence-corrected chi connectivity index (χ3v) is 5.39. The maximum absolute atomic E-state index is 13.4. The van der Waals surface area contributed by atoms with E-state index in [1.165, 1.54) is 0 Å². The summed E-state index contributed by atoms with van der Waals surface area (Å²) in [4.78, 5) is 20.1. The molecule has 1 aliphatic heterocycles. The summed E-state index contributed by atoms with van der Waals surface area (Å²) >= 11 is 0.